The van der Waals surface area contributed by atoms with E-state index in [1.165, 1.54) is 17.3 Å². The summed E-state index contributed by atoms with van der Waals surface area (Å²) in [5.74, 6) is 0. The summed E-state index contributed by atoms with van der Waals surface area (Å²) < 4.78 is 6.20. The van der Waals surface area contributed by atoms with Crippen molar-refractivity contribution < 1.29 is 9.20 Å². The second-order valence-electron chi connectivity index (χ2n) is 3.57. The molecule has 0 aliphatic carbocycles. The van der Waals surface area contributed by atoms with E-state index in [4.69, 9.17) is 0 Å². The Morgan fingerprint density at radius 2 is 2.07 bits per heavy atom. The lowest BCUT2D eigenvalue weighted by Crippen LogP contribution is -2.36. The first-order valence-electron chi connectivity index (χ1n) is 4.87. The van der Waals surface area contributed by atoms with E-state index >= 15 is 0 Å². The molecule has 0 spiro atoms. The molecule has 0 aliphatic heterocycles. The normalized spacial score (nSPS) is 10.5. The van der Waals surface area contributed by atoms with Crippen molar-refractivity contribution in [3.05, 3.63) is 52.0 Å². The lowest BCUT2D eigenvalue weighted by Gasteiger charge is -1.97. The topological polar surface area (TPSA) is 49.9 Å². The van der Waals surface area contributed by atoms with Gasteiger partial charge in [-0.05, 0) is 17.8 Å². The lowest BCUT2D eigenvalue weighted by atomic mass is 10.1. The van der Waals surface area contributed by atoms with Crippen molar-refractivity contribution in [2.75, 3.05) is 0 Å². The van der Waals surface area contributed by atoms with Gasteiger partial charge in [0.25, 0.3) is 6.20 Å². The first-order chi connectivity index (χ1) is 7.24. The van der Waals surface area contributed by atoms with Crippen LogP contribution in [0.5, 0.6) is 0 Å². The highest BCUT2D eigenvalue weighted by molar-refractivity contribution is 5.20. The van der Waals surface area contributed by atoms with E-state index in [1.807, 2.05) is 0 Å². The molecular formula is C11H13N2O2+. The van der Waals surface area contributed by atoms with Crippen LogP contribution in [0.15, 0.2) is 39.8 Å². The molecule has 1 heterocycles. The zero-order valence-corrected chi connectivity index (χ0v) is 8.56. The molecule has 0 radical (unpaired) electrons. The molecule has 2 aromatic rings. The number of aromatic amines is 1. The largest absolute Gasteiger partial charge is 0.426 e. The van der Waals surface area contributed by atoms with Crippen LogP contribution in [0.3, 0.4) is 0 Å². The van der Waals surface area contributed by atoms with Gasteiger partial charge in [-0.25, -0.2) is 4.79 Å². The molecule has 15 heavy (non-hydrogen) atoms. The number of aromatic nitrogens is 2. The lowest BCUT2D eigenvalue weighted by molar-refractivity contribution is -0.761. The molecule has 4 heteroatoms. The number of rotatable bonds is 3. The molecule has 0 bridgehead atoms. The van der Waals surface area contributed by atoms with Crippen molar-refractivity contribution in [3.8, 4) is 0 Å². The molecule has 0 atom stereocenters. The minimum Gasteiger partial charge on any atom is -0.284 e. The summed E-state index contributed by atoms with van der Waals surface area (Å²) in [5.41, 5.74) is 2.15. The second-order valence-corrected chi connectivity index (χ2v) is 3.57. The van der Waals surface area contributed by atoms with Crippen molar-refractivity contribution in [3.63, 3.8) is 0 Å². The van der Waals surface area contributed by atoms with Gasteiger partial charge in [0.2, 0.25) is 0 Å². The van der Waals surface area contributed by atoms with E-state index in [9.17, 15) is 4.79 Å². The Morgan fingerprint density at radius 3 is 2.67 bits per heavy atom. The van der Waals surface area contributed by atoms with Crippen LogP contribution >= 0.6 is 0 Å². The molecule has 1 aromatic carbocycles. The van der Waals surface area contributed by atoms with Gasteiger partial charge < -0.3 is 0 Å². The summed E-state index contributed by atoms with van der Waals surface area (Å²) in [6, 6.07) is 8.35. The summed E-state index contributed by atoms with van der Waals surface area (Å²) in [4.78, 5) is 10.7. The first-order valence-corrected chi connectivity index (χ1v) is 4.87. The molecule has 1 N–H and O–H groups in total. The Balaban J connectivity index is 1.99. The van der Waals surface area contributed by atoms with Crippen molar-refractivity contribution in [1.82, 2.24) is 5.27 Å². The summed E-state index contributed by atoms with van der Waals surface area (Å²) in [6.07, 6.45) is 2.29. The molecule has 1 aromatic heterocycles. The fraction of sp³-hybridized carbons (Fsp3) is 0.273. The second kappa shape index (κ2) is 4.13. The summed E-state index contributed by atoms with van der Waals surface area (Å²) in [7, 11) is 0. The predicted molar refractivity (Wildman–Crippen MR) is 54.4 cm³/mol. The number of H-pyrrole nitrogens is 1. The van der Waals surface area contributed by atoms with Gasteiger partial charge in [0.15, 0.2) is 6.54 Å². The van der Waals surface area contributed by atoms with E-state index in [1.54, 1.807) is 4.68 Å². The van der Waals surface area contributed by atoms with Gasteiger partial charge in [-0.15, -0.1) is 0 Å². The highest BCUT2D eigenvalue weighted by Gasteiger charge is 2.05. The summed E-state index contributed by atoms with van der Waals surface area (Å²) in [6.45, 7) is 2.78. The van der Waals surface area contributed by atoms with Crippen LogP contribution < -0.4 is 10.3 Å². The van der Waals surface area contributed by atoms with Crippen LogP contribution in [-0.2, 0) is 13.0 Å². The predicted octanol–water partition coefficient (Wildman–Crippen LogP) is 0.807. The number of hydrogen-bond donors (Lipinski definition) is 1. The maximum absolute atomic E-state index is 10.7. The quantitative estimate of drug-likeness (QED) is 0.754. The minimum absolute atomic E-state index is 0.348. The SMILES string of the molecule is Cc1ccc(CC[n+]2cc(=O)o[nH]2)cc1. The maximum atomic E-state index is 10.7. The number of benzene rings is 1. The van der Waals surface area contributed by atoms with E-state index in [-0.39, 0.29) is 5.63 Å². The first kappa shape index (κ1) is 9.71. The number of nitrogens with one attached hydrogen (secondary N) is 1. The monoisotopic (exact) mass is 205 g/mol. The molecule has 0 saturated carbocycles. The molecule has 0 aliphatic rings. The molecule has 0 saturated heterocycles. The molecular weight excluding hydrogens is 192 g/mol. The van der Waals surface area contributed by atoms with Crippen LogP contribution in [-0.4, -0.2) is 5.27 Å². The molecule has 0 fully saturated rings. The van der Waals surface area contributed by atoms with Gasteiger partial charge in [0, 0.05) is 6.42 Å². The molecule has 0 unspecified atom stereocenters. The van der Waals surface area contributed by atoms with Crippen molar-refractivity contribution >= 4 is 0 Å². The molecule has 78 valence electrons. The number of nitrogens with zero attached hydrogens (tertiary/aromatic N) is 1. The maximum Gasteiger partial charge on any atom is 0.426 e. The Morgan fingerprint density at radius 1 is 1.33 bits per heavy atom. The van der Waals surface area contributed by atoms with Gasteiger partial charge in [-0.2, -0.15) is 0 Å². The summed E-state index contributed by atoms with van der Waals surface area (Å²) >= 11 is 0. The minimum atomic E-state index is -0.348. The van der Waals surface area contributed by atoms with Gasteiger partial charge in [-0.3, -0.25) is 4.52 Å². The van der Waals surface area contributed by atoms with Crippen molar-refractivity contribution in [2.24, 2.45) is 0 Å². The fourth-order valence-electron chi connectivity index (χ4n) is 1.40. The van der Waals surface area contributed by atoms with Crippen LogP contribution in [0, 0.1) is 6.92 Å². The zero-order chi connectivity index (χ0) is 10.7. The Labute approximate surface area is 87.1 Å². The average Bonchev–Trinajstić information content (AvgIpc) is 2.64. The number of hydrogen-bond acceptors (Lipinski definition) is 2. The van der Waals surface area contributed by atoms with Crippen LogP contribution in [0.4, 0.5) is 0 Å². The van der Waals surface area contributed by atoms with Crippen LogP contribution in [0.1, 0.15) is 11.1 Å². The third kappa shape index (κ3) is 2.56. The van der Waals surface area contributed by atoms with Crippen molar-refractivity contribution in [2.45, 2.75) is 19.9 Å². The highest BCUT2D eigenvalue weighted by Crippen LogP contribution is 2.03. The van der Waals surface area contributed by atoms with Gasteiger partial charge in [0.1, 0.15) is 0 Å². The van der Waals surface area contributed by atoms with Gasteiger partial charge in [-0.1, -0.05) is 34.5 Å². The smallest absolute Gasteiger partial charge is 0.284 e. The molecule has 2 rings (SSSR count). The average molecular weight is 205 g/mol. The third-order valence-corrected chi connectivity index (χ3v) is 2.29. The molecule has 4 nitrogen and oxygen atoms in total. The van der Waals surface area contributed by atoms with Crippen molar-refractivity contribution in [1.29, 1.82) is 0 Å². The Hall–Kier alpha value is -1.84. The van der Waals surface area contributed by atoms with E-state index in [2.05, 4.69) is 41.0 Å². The molecule has 0 amide bonds. The van der Waals surface area contributed by atoms with Gasteiger partial charge >= 0.3 is 5.63 Å². The standard InChI is InChI=1S/C11H12N2O2/c1-9-2-4-10(5-3-9)6-7-13-8-11(14)15-12-13/h2-5,8H,6-7H2,1H3/p+1. The van der Waals surface area contributed by atoms with E-state index in [0.29, 0.717) is 0 Å². The number of aryl methyl sites for hydroxylation is 3. The Bertz CT molecular complexity index is 482. The van der Waals surface area contributed by atoms with Gasteiger partial charge in [0.05, 0.1) is 0 Å². The third-order valence-electron chi connectivity index (χ3n) is 2.29. The fourth-order valence-corrected chi connectivity index (χ4v) is 1.40. The Kier molecular flexibility index (Phi) is 2.67. The highest BCUT2D eigenvalue weighted by atomic mass is 16.5. The van der Waals surface area contributed by atoms with E-state index < -0.39 is 0 Å². The van der Waals surface area contributed by atoms with E-state index in [0.717, 1.165) is 13.0 Å². The zero-order valence-electron chi connectivity index (χ0n) is 8.56. The summed E-state index contributed by atoms with van der Waals surface area (Å²) in [5, 5.41) is 2.52. The van der Waals surface area contributed by atoms with Crippen LogP contribution in [0.2, 0.25) is 0 Å². The van der Waals surface area contributed by atoms with Crippen LogP contribution in [0.25, 0.3) is 0 Å².